The summed E-state index contributed by atoms with van der Waals surface area (Å²) in [7, 11) is 0. The van der Waals surface area contributed by atoms with Crippen molar-refractivity contribution in [2.75, 3.05) is 37.7 Å². The average Bonchev–Trinajstić information content (AvgIpc) is 3.55. The normalized spacial score (nSPS) is 18.7. The zero-order valence-corrected chi connectivity index (χ0v) is 17.4. The summed E-state index contributed by atoms with van der Waals surface area (Å²) in [6.07, 6.45) is 6.70. The minimum absolute atomic E-state index is 0.0230. The van der Waals surface area contributed by atoms with Crippen molar-refractivity contribution in [3.63, 3.8) is 0 Å². The number of morpholine rings is 1. The number of carbonyl (C=O) groups excluding carboxylic acids is 1. The lowest BCUT2D eigenvalue weighted by molar-refractivity contribution is 0.0303. The Morgan fingerprint density at radius 2 is 1.81 bits per heavy atom. The van der Waals surface area contributed by atoms with Crippen LogP contribution in [0, 0.1) is 5.95 Å². The highest BCUT2D eigenvalue weighted by molar-refractivity contribution is 5.96. The van der Waals surface area contributed by atoms with Gasteiger partial charge in [0.1, 0.15) is 6.33 Å². The molecule has 8 nitrogen and oxygen atoms in total. The fourth-order valence-electron chi connectivity index (χ4n) is 4.60. The van der Waals surface area contributed by atoms with E-state index in [4.69, 9.17) is 4.74 Å². The largest absolute Gasteiger partial charge is 0.378 e. The standard InChI is InChI=1S/C23H21FN6O2/c24-20-10-18(27-14-28-20)16-11-25-22(26-12-16)30-13-23(3-4-23)17-2-1-15(9-19(17)30)21(31)29-5-7-32-8-6-29/h1-2,9-12,14H,3-8,13H2. The summed E-state index contributed by atoms with van der Waals surface area (Å²) >= 11 is 0. The van der Waals surface area contributed by atoms with E-state index in [1.165, 1.54) is 18.0 Å². The van der Waals surface area contributed by atoms with Gasteiger partial charge in [-0.2, -0.15) is 4.39 Å². The molecule has 2 fully saturated rings. The van der Waals surface area contributed by atoms with Crippen LogP contribution >= 0.6 is 0 Å². The van der Waals surface area contributed by atoms with Crippen LogP contribution < -0.4 is 4.90 Å². The second kappa shape index (κ2) is 7.30. The van der Waals surface area contributed by atoms with E-state index in [0.29, 0.717) is 49.1 Å². The number of nitrogens with zero attached hydrogens (tertiary/aromatic N) is 6. The molecule has 2 aromatic heterocycles. The predicted molar refractivity (Wildman–Crippen MR) is 114 cm³/mol. The van der Waals surface area contributed by atoms with Gasteiger partial charge in [-0.3, -0.25) is 4.79 Å². The van der Waals surface area contributed by atoms with E-state index in [1.54, 1.807) is 12.4 Å². The zero-order valence-electron chi connectivity index (χ0n) is 17.4. The second-order valence-corrected chi connectivity index (χ2v) is 8.50. The molecule has 3 aromatic rings. The van der Waals surface area contributed by atoms with Gasteiger partial charge in [-0.15, -0.1) is 0 Å². The predicted octanol–water partition coefficient (Wildman–Crippen LogP) is 2.73. The Kier molecular flexibility index (Phi) is 4.39. The maximum Gasteiger partial charge on any atom is 0.254 e. The third-order valence-corrected chi connectivity index (χ3v) is 6.53. The molecule has 6 rings (SSSR count). The molecule has 9 heteroatoms. The van der Waals surface area contributed by atoms with Crippen LogP contribution in [0.4, 0.5) is 16.0 Å². The first kappa shape index (κ1) is 19.2. The van der Waals surface area contributed by atoms with Crippen LogP contribution in [0.1, 0.15) is 28.8 Å². The summed E-state index contributed by atoms with van der Waals surface area (Å²) in [6, 6.07) is 7.26. The lowest BCUT2D eigenvalue weighted by Crippen LogP contribution is -2.40. The van der Waals surface area contributed by atoms with Crippen molar-refractivity contribution in [2.24, 2.45) is 0 Å². The van der Waals surface area contributed by atoms with Gasteiger partial charge in [-0.25, -0.2) is 19.9 Å². The van der Waals surface area contributed by atoms with Crippen molar-refractivity contribution in [3.05, 3.63) is 60.1 Å². The number of aromatic nitrogens is 4. The highest BCUT2D eigenvalue weighted by Crippen LogP contribution is 2.57. The Morgan fingerprint density at radius 1 is 1.03 bits per heavy atom. The van der Waals surface area contributed by atoms with Crippen LogP contribution in [-0.4, -0.2) is 63.6 Å². The Morgan fingerprint density at radius 3 is 2.53 bits per heavy atom. The second-order valence-electron chi connectivity index (χ2n) is 8.50. The van der Waals surface area contributed by atoms with E-state index >= 15 is 0 Å². The van der Waals surface area contributed by atoms with Gasteiger partial charge in [-0.1, -0.05) is 6.07 Å². The Labute approximate surface area is 184 Å². The summed E-state index contributed by atoms with van der Waals surface area (Å²) in [4.78, 5) is 33.6. The van der Waals surface area contributed by atoms with Gasteiger partial charge < -0.3 is 14.5 Å². The molecular weight excluding hydrogens is 411 g/mol. The summed E-state index contributed by atoms with van der Waals surface area (Å²) < 4.78 is 18.8. The molecular formula is C23H21FN6O2. The van der Waals surface area contributed by atoms with Crippen molar-refractivity contribution in [1.29, 1.82) is 0 Å². The summed E-state index contributed by atoms with van der Waals surface area (Å²) in [6.45, 7) is 3.15. The Hall–Kier alpha value is -3.46. The number of hydrogen-bond donors (Lipinski definition) is 0. The van der Waals surface area contributed by atoms with Crippen molar-refractivity contribution in [3.8, 4) is 11.3 Å². The Balaban J connectivity index is 1.32. The number of anilines is 2. The molecule has 1 amide bonds. The van der Waals surface area contributed by atoms with E-state index in [9.17, 15) is 9.18 Å². The highest BCUT2D eigenvalue weighted by atomic mass is 19.1. The molecule has 0 bridgehead atoms. The lowest BCUT2D eigenvalue weighted by Gasteiger charge is -2.27. The molecule has 1 aliphatic carbocycles. The highest BCUT2D eigenvalue weighted by Gasteiger charge is 2.52. The number of rotatable bonds is 3. The van der Waals surface area contributed by atoms with E-state index < -0.39 is 5.95 Å². The van der Waals surface area contributed by atoms with E-state index in [1.807, 2.05) is 17.0 Å². The van der Waals surface area contributed by atoms with Crippen molar-refractivity contribution in [1.82, 2.24) is 24.8 Å². The number of carbonyl (C=O) groups is 1. The molecule has 4 heterocycles. The maximum atomic E-state index is 13.4. The van der Waals surface area contributed by atoms with Gasteiger partial charge in [0.25, 0.3) is 5.91 Å². The molecule has 1 saturated heterocycles. The molecule has 1 aromatic carbocycles. The number of hydrogen-bond acceptors (Lipinski definition) is 7. The fourth-order valence-corrected chi connectivity index (χ4v) is 4.60. The van der Waals surface area contributed by atoms with Crippen molar-refractivity contribution < 1.29 is 13.9 Å². The number of fused-ring (bicyclic) bond motifs is 2. The third kappa shape index (κ3) is 3.20. The molecule has 3 aliphatic rings. The van der Waals surface area contributed by atoms with Gasteiger partial charge >= 0.3 is 0 Å². The number of amides is 1. The molecule has 1 spiro atoms. The van der Waals surface area contributed by atoms with Crippen LogP contribution in [0.25, 0.3) is 11.3 Å². The van der Waals surface area contributed by atoms with Gasteiger partial charge in [0.2, 0.25) is 11.9 Å². The van der Waals surface area contributed by atoms with Crippen LogP contribution in [0.5, 0.6) is 0 Å². The number of ether oxygens (including phenoxy) is 1. The fraction of sp³-hybridized carbons (Fsp3) is 0.348. The first-order chi connectivity index (χ1) is 15.6. The number of halogens is 1. The van der Waals surface area contributed by atoms with Crippen LogP contribution in [-0.2, 0) is 10.2 Å². The lowest BCUT2D eigenvalue weighted by atomic mass is 9.97. The molecule has 2 aliphatic heterocycles. The van der Waals surface area contributed by atoms with Crippen molar-refractivity contribution >= 4 is 17.5 Å². The molecule has 0 unspecified atom stereocenters. The monoisotopic (exact) mass is 432 g/mol. The zero-order chi connectivity index (χ0) is 21.7. The minimum Gasteiger partial charge on any atom is -0.378 e. The maximum absolute atomic E-state index is 13.4. The summed E-state index contributed by atoms with van der Waals surface area (Å²) in [5.74, 6) is -0.0141. The molecule has 1 saturated carbocycles. The first-order valence-corrected chi connectivity index (χ1v) is 10.7. The SMILES string of the molecule is O=C(c1ccc2c(c1)N(c1ncc(-c3cc(F)ncn3)cn1)CC21CC1)N1CCOCC1. The molecule has 0 N–H and O–H groups in total. The van der Waals surface area contributed by atoms with E-state index in [-0.39, 0.29) is 11.3 Å². The summed E-state index contributed by atoms with van der Waals surface area (Å²) in [5, 5.41) is 0. The number of benzene rings is 1. The Bertz CT molecular complexity index is 1190. The van der Waals surface area contributed by atoms with E-state index in [0.717, 1.165) is 25.1 Å². The molecule has 0 atom stereocenters. The molecule has 32 heavy (non-hydrogen) atoms. The van der Waals surface area contributed by atoms with Gasteiger partial charge in [-0.05, 0) is 30.5 Å². The topological polar surface area (TPSA) is 84.3 Å². The van der Waals surface area contributed by atoms with Gasteiger partial charge in [0, 0.05) is 60.3 Å². The van der Waals surface area contributed by atoms with Crippen molar-refractivity contribution in [2.45, 2.75) is 18.3 Å². The average molecular weight is 432 g/mol. The first-order valence-electron chi connectivity index (χ1n) is 10.7. The third-order valence-electron chi connectivity index (χ3n) is 6.53. The quantitative estimate of drug-likeness (QED) is 0.589. The van der Waals surface area contributed by atoms with Crippen LogP contribution in [0.15, 0.2) is 43.0 Å². The minimum atomic E-state index is -0.597. The van der Waals surface area contributed by atoms with Crippen LogP contribution in [0.2, 0.25) is 0 Å². The van der Waals surface area contributed by atoms with E-state index in [2.05, 4.69) is 30.9 Å². The summed E-state index contributed by atoms with van der Waals surface area (Å²) in [5.41, 5.74) is 4.08. The van der Waals surface area contributed by atoms with Gasteiger partial charge in [0.15, 0.2) is 0 Å². The molecule has 162 valence electrons. The molecule has 0 radical (unpaired) electrons. The van der Waals surface area contributed by atoms with Crippen LogP contribution in [0.3, 0.4) is 0 Å². The van der Waals surface area contributed by atoms with Gasteiger partial charge in [0.05, 0.1) is 18.9 Å². The smallest absolute Gasteiger partial charge is 0.254 e.